The first kappa shape index (κ1) is 18.2. The van der Waals surface area contributed by atoms with E-state index in [1.54, 1.807) is 0 Å². The van der Waals surface area contributed by atoms with Crippen molar-refractivity contribution in [1.29, 1.82) is 0 Å². The molecule has 2 heteroatoms. The van der Waals surface area contributed by atoms with Crippen LogP contribution in [0.25, 0.3) is 0 Å². The number of piperazine rings is 1. The van der Waals surface area contributed by atoms with Crippen molar-refractivity contribution < 1.29 is 4.48 Å². The fourth-order valence-corrected chi connectivity index (χ4v) is 4.78. The van der Waals surface area contributed by atoms with Crippen LogP contribution in [0, 0.1) is 0 Å². The molecule has 0 N–H and O–H groups in total. The minimum Gasteiger partial charge on any atom is -0.320 e. The largest absolute Gasteiger partial charge is 0.320 e. The zero-order valence-corrected chi connectivity index (χ0v) is 16.2. The van der Waals surface area contributed by atoms with Gasteiger partial charge in [0.25, 0.3) is 0 Å². The molecule has 2 aromatic carbocycles. The van der Waals surface area contributed by atoms with Crippen LogP contribution in [0.4, 0.5) is 0 Å². The lowest BCUT2D eigenvalue weighted by molar-refractivity contribution is -0.953. The van der Waals surface area contributed by atoms with Gasteiger partial charge >= 0.3 is 0 Å². The Morgan fingerprint density at radius 1 is 0.880 bits per heavy atom. The maximum absolute atomic E-state index is 2.73. The topological polar surface area (TPSA) is 3.24 Å². The molecule has 2 aromatic rings. The van der Waals surface area contributed by atoms with Gasteiger partial charge in [0.05, 0.1) is 44.3 Å². The molecule has 0 saturated carbocycles. The number of benzene rings is 2. The predicted octanol–water partition coefficient (Wildman–Crippen LogP) is 4.73. The van der Waals surface area contributed by atoms with Crippen LogP contribution >= 0.6 is 0 Å². The SMILES string of the molecule is CC[N+]1(CC)CC(C)N(C(c2ccccc2)c2ccccc2)CC1C. The molecule has 1 aliphatic rings. The summed E-state index contributed by atoms with van der Waals surface area (Å²) < 4.78 is 1.24. The lowest BCUT2D eigenvalue weighted by Gasteiger charge is -2.53. The molecule has 2 nitrogen and oxygen atoms in total. The van der Waals surface area contributed by atoms with E-state index in [2.05, 4.69) is 93.3 Å². The third-order valence-electron chi connectivity index (χ3n) is 6.43. The highest BCUT2D eigenvalue weighted by Crippen LogP contribution is 2.35. The van der Waals surface area contributed by atoms with Crippen LogP contribution in [0.3, 0.4) is 0 Å². The summed E-state index contributed by atoms with van der Waals surface area (Å²) in [6.45, 7) is 14.4. The minimum absolute atomic E-state index is 0.343. The Bertz CT molecular complexity index is 609. The molecule has 1 fully saturated rings. The van der Waals surface area contributed by atoms with Gasteiger partial charge < -0.3 is 4.48 Å². The first-order valence-corrected chi connectivity index (χ1v) is 9.82. The summed E-state index contributed by atoms with van der Waals surface area (Å²) in [5.74, 6) is 0. The molecule has 134 valence electrons. The minimum atomic E-state index is 0.343. The summed E-state index contributed by atoms with van der Waals surface area (Å²) >= 11 is 0. The molecule has 0 spiro atoms. The monoisotopic (exact) mass is 337 g/mol. The van der Waals surface area contributed by atoms with Gasteiger partial charge in [0.2, 0.25) is 0 Å². The third kappa shape index (κ3) is 3.51. The molecular weight excluding hydrogens is 304 g/mol. The second kappa shape index (κ2) is 7.72. The van der Waals surface area contributed by atoms with Crippen molar-refractivity contribution in [2.24, 2.45) is 0 Å². The van der Waals surface area contributed by atoms with Gasteiger partial charge in [0, 0.05) is 0 Å². The van der Waals surface area contributed by atoms with E-state index in [1.165, 1.54) is 35.2 Å². The molecule has 0 aliphatic carbocycles. The van der Waals surface area contributed by atoms with Crippen molar-refractivity contribution in [3.8, 4) is 0 Å². The first-order chi connectivity index (χ1) is 12.1. The fraction of sp³-hybridized carbons (Fsp3) is 0.478. The Morgan fingerprint density at radius 3 is 1.80 bits per heavy atom. The molecule has 0 aromatic heterocycles. The van der Waals surface area contributed by atoms with Crippen LogP contribution in [0.15, 0.2) is 60.7 Å². The van der Waals surface area contributed by atoms with E-state index in [1.807, 2.05) is 0 Å². The highest BCUT2D eigenvalue weighted by molar-refractivity contribution is 5.32. The summed E-state index contributed by atoms with van der Waals surface area (Å²) in [7, 11) is 0. The van der Waals surface area contributed by atoms with Crippen LogP contribution < -0.4 is 0 Å². The summed E-state index contributed by atoms with van der Waals surface area (Å²) in [6, 6.07) is 23.6. The molecule has 0 bridgehead atoms. The van der Waals surface area contributed by atoms with Crippen LogP contribution in [0.2, 0.25) is 0 Å². The number of nitrogens with zero attached hydrogens (tertiary/aromatic N) is 2. The van der Waals surface area contributed by atoms with E-state index in [9.17, 15) is 0 Å². The van der Waals surface area contributed by atoms with Gasteiger partial charge in [-0.15, -0.1) is 0 Å². The van der Waals surface area contributed by atoms with Crippen molar-refractivity contribution in [3.63, 3.8) is 0 Å². The van der Waals surface area contributed by atoms with Crippen LogP contribution in [-0.2, 0) is 0 Å². The highest BCUT2D eigenvalue weighted by atomic mass is 15.4. The van der Waals surface area contributed by atoms with Crippen LogP contribution in [0.5, 0.6) is 0 Å². The zero-order valence-electron chi connectivity index (χ0n) is 16.2. The molecule has 25 heavy (non-hydrogen) atoms. The average molecular weight is 338 g/mol. The maximum Gasteiger partial charge on any atom is 0.0991 e. The van der Waals surface area contributed by atoms with Gasteiger partial charge in [-0.05, 0) is 38.8 Å². The van der Waals surface area contributed by atoms with Gasteiger partial charge in [0.15, 0.2) is 0 Å². The fourth-order valence-electron chi connectivity index (χ4n) is 4.78. The molecule has 1 saturated heterocycles. The van der Waals surface area contributed by atoms with Gasteiger partial charge in [-0.25, -0.2) is 0 Å². The Hall–Kier alpha value is -1.64. The van der Waals surface area contributed by atoms with Gasteiger partial charge in [-0.3, -0.25) is 4.90 Å². The highest BCUT2D eigenvalue weighted by Gasteiger charge is 2.43. The maximum atomic E-state index is 2.73. The Labute approximate surface area is 153 Å². The Kier molecular flexibility index (Phi) is 5.61. The van der Waals surface area contributed by atoms with Crippen molar-refractivity contribution >= 4 is 0 Å². The van der Waals surface area contributed by atoms with E-state index < -0.39 is 0 Å². The molecule has 0 radical (unpaired) electrons. The van der Waals surface area contributed by atoms with E-state index >= 15 is 0 Å². The second-order valence-corrected chi connectivity index (χ2v) is 7.65. The number of hydrogen-bond acceptors (Lipinski definition) is 1. The summed E-state index contributed by atoms with van der Waals surface area (Å²) in [6.07, 6.45) is 0. The molecule has 1 aliphatic heterocycles. The van der Waals surface area contributed by atoms with Crippen molar-refractivity contribution in [2.45, 2.75) is 45.8 Å². The lowest BCUT2D eigenvalue weighted by atomic mass is 9.92. The molecular formula is C23H33N2+. The third-order valence-corrected chi connectivity index (χ3v) is 6.43. The van der Waals surface area contributed by atoms with Crippen molar-refractivity contribution in [1.82, 2.24) is 4.90 Å². The summed E-state index contributed by atoms with van der Waals surface area (Å²) in [4.78, 5) is 2.73. The number of rotatable bonds is 5. The normalized spacial score (nSPS) is 23.7. The van der Waals surface area contributed by atoms with Crippen LogP contribution in [0.1, 0.15) is 44.9 Å². The smallest absolute Gasteiger partial charge is 0.0991 e. The average Bonchev–Trinajstić information content (AvgIpc) is 2.66. The Balaban J connectivity index is 1.97. The summed E-state index contributed by atoms with van der Waals surface area (Å²) in [5.41, 5.74) is 2.81. The van der Waals surface area contributed by atoms with Crippen molar-refractivity contribution in [3.05, 3.63) is 71.8 Å². The van der Waals surface area contributed by atoms with Crippen LogP contribution in [-0.4, -0.2) is 47.6 Å². The number of likely N-dealkylation sites (N-methyl/N-ethyl adjacent to an activating group) is 1. The zero-order chi connectivity index (χ0) is 17.9. The first-order valence-electron chi connectivity index (χ1n) is 9.82. The molecule has 3 rings (SSSR count). The quantitative estimate of drug-likeness (QED) is 0.713. The number of quaternary nitrogens is 1. The van der Waals surface area contributed by atoms with E-state index in [-0.39, 0.29) is 0 Å². The Morgan fingerprint density at radius 2 is 1.36 bits per heavy atom. The van der Waals surface area contributed by atoms with E-state index in [4.69, 9.17) is 0 Å². The van der Waals surface area contributed by atoms with E-state index in [0.717, 1.165) is 6.54 Å². The predicted molar refractivity (Wildman–Crippen MR) is 107 cm³/mol. The van der Waals surface area contributed by atoms with E-state index in [0.29, 0.717) is 18.1 Å². The molecule has 1 heterocycles. The number of hydrogen-bond donors (Lipinski definition) is 0. The van der Waals surface area contributed by atoms with Crippen molar-refractivity contribution in [2.75, 3.05) is 26.2 Å². The van der Waals surface area contributed by atoms with Gasteiger partial charge in [-0.2, -0.15) is 0 Å². The molecule has 2 unspecified atom stereocenters. The second-order valence-electron chi connectivity index (χ2n) is 7.65. The van der Waals surface area contributed by atoms with Gasteiger partial charge in [0.1, 0.15) is 0 Å². The molecule has 2 atom stereocenters. The standard InChI is InChI=1S/C23H33N2/c1-5-25(6-2)18-19(3)24(17-20(25)4)23(21-13-9-7-10-14-21)22-15-11-8-12-16-22/h7-16,19-20,23H,5-6,17-18H2,1-4H3/q+1. The summed E-state index contributed by atoms with van der Waals surface area (Å²) in [5, 5.41) is 0. The lowest BCUT2D eigenvalue weighted by Crippen LogP contribution is -2.67. The molecule has 0 amide bonds. The van der Waals surface area contributed by atoms with Gasteiger partial charge in [-0.1, -0.05) is 60.7 Å².